The van der Waals surface area contributed by atoms with Crippen LogP contribution in [0.1, 0.15) is 64.4 Å². The first kappa shape index (κ1) is 25.7. The third-order valence-electron chi connectivity index (χ3n) is 7.77. The molecule has 35 heavy (non-hydrogen) atoms. The third kappa shape index (κ3) is 5.72. The summed E-state index contributed by atoms with van der Waals surface area (Å²) in [6, 6.07) is 5.86. The van der Waals surface area contributed by atoms with Crippen molar-refractivity contribution in [2.24, 2.45) is 5.41 Å². The number of likely N-dealkylation sites (tertiary alicyclic amines) is 1. The Kier molecular flexibility index (Phi) is 7.57. The molecular formula is C26H38N4O4S. The fourth-order valence-electron chi connectivity index (χ4n) is 5.66. The maximum absolute atomic E-state index is 13.3. The van der Waals surface area contributed by atoms with Crippen LogP contribution in [0.15, 0.2) is 41.6 Å². The van der Waals surface area contributed by atoms with E-state index in [1.165, 1.54) is 43.8 Å². The summed E-state index contributed by atoms with van der Waals surface area (Å²) in [7, 11) is -3.98. The number of hydrogen-bond acceptors (Lipinski definition) is 5. The van der Waals surface area contributed by atoms with E-state index >= 15 is 0 Å². The van der Waals surface area contributed by atoms with Crippen LogP contribution in [0.2, 0.25) is 0 Å². The van der Waals surface area contributed by atoms with Crippen LogP contribution in [-0.2, 0) is 19.6 Å². The largest absolute Gasteiger partial charge is 0.353 e. The Morgan fingerprint density at radius 2 is 1.80 bits per heavy atom. The van der Waals surface area contributed by atoms with Crippen molar-refractivity contribution in [3.05, 3.63) is 42.2 Å². The van der Waals surface area contributed by atoms with Gasteiger partial charge in [-0.15, -0.1) is 0 Å². The minimum absolute atomic E-state index is 0.0135. The van der Waals surface area contributed by atoms with E-state index in [0.717, 1.165) is 42.2 Å². The molecule has 0 unspecified atom stereocenters. The Bertz CT molecular complexity index is 1060. The average Bonchev–Trinajstić information content (AvgIpc) is 2.82. The van der Waals surface area contributed by atoms with Gasteiger partial charge in [-0.25, -0.2) is 8.42 Å². The van der Waals surface area contributed by atoms with Gasteiger partial charge in [-0.1, -0.05) is 38.0 Å². The maximum Gasteiger partial charge on any atom is 0.264 e. The van der Waals surface area contributed by atoms with E-state index in [2.05, 4.69) is 29.4 Å². The smallest absolute Gasteiger partial charge is 0.264 e. The first-order chi connectivity index (χ1) is 16.6. The van der Waals surface area contributed by atoms with Gasteiger partial charge < -0.3 is 15.5 Å². The number of rotatable bonds is 6. The van der Waals surface area contributed by atoms with Gasteiger partial charge in [-0.05, 0) is 69.7 Å². The number of carbonyl (C=O) groups is 2. The molecule has 2 amide bonds. The van der Waals surface area contributed by atoms with Crippen LogP contribution in [0.4, 0.5) is 0 Å². The maximum atomic E-state index is 13.3. The number of aryl methyl sites for hydroxylation is 1. The normalized spacial score (nSPS) is 27.3. The number of sulfonamides is 1. The van der Waals surface area contributed by atoms with Gasteiger partial charge in [-0.3, -0.25) is 13.9 Å². The van der Waals surface area contributed by atoms with Crippen LogP contribution in [0.25, 0.3) is 0 Å². The summed E-state index contributed by atoms with van der Waals surface area (Å²) in [6.45, 7) is 8.58. The summed E-state index contributed by atoms with van der Waals surface area (Å²) >= 11 is 0. The van der Waals surface area contributed by atoms with Crippen molar-refractivity contribution < 1.29 is 18.0 Å². The quantitative estimate of drug-likeness (QED) is 0.623. The molecule has 0 aromatic heterocycles. The van der Waals surface area contributed by atoms with Gasteiger partial charge >= 0.3 is 0 Å². The monoisotopic (exact) mass is 502 g/mol. The molecule has 1 aliphatic carbocycles. The molecule has 1 aromatic rings. The second kappa shape index (κ2) is 10.3. The highest BCUT2D eigenvalue weighted by molar-refractivity contribution is 7.89. The molecule has 0 bridgehead atoms. The zero-order valence-corrected chi connectivity index (χ0v) is 21.8. The average molecular weight is 503 g/mol. The molecule has 0 spiro atoms. The number of hydrogen-bond donors (Lipinski definition) is 2. The summed E-state index contributed by atoms with van der Waals surface area (Å²) < 4.78 is 27.6. The van der Waals surface area contributed by atoms with Crippen molar-refractivity contribution in [3.8, 4) is 0 Å². The fraction of sp³-hybridized carbons (Fsp3) is 0.615. The van der Waals surface area contributed by atoms with Crippen molar-refractivity contribution in [2.45, 2.75) is 88.7 Å². The first-order valence-electron chi connectivity index (χ1n) is 12.7. The van der Waals surface area contributed by atoms with Gasteiger partial charge in [0.25, 0.3) is 10.0 Å². The number of carbonyl (C=O) groups excluding carboxylic acids is 2. The van der Waals surface area contributed by atoms with E-state index in [9.17, 15) is 18.0 Å². The Morgan fingerprint density at radius 3 is 2.46 bits per heavy atom. The summed E-state index contributed by atoms with van der Waals surface area (Å²) in [5, 5.41) is 5.69. The van der Waals surface area contributed by atoms with Crippen LogP contribution in [0.3, 0.4) is 0 Å². The molecule has 8 nitrogen and oxygen atoms in total. The van der Waals surface area contributed by atoms with Crippen molar-refractivity contribution in [3.63, 3.8) is 0 Å². The van der Waals surface area contributed by atoms with E-state index in [1.54, 1.807) is 12.1 Å². The van der Waals surface area contributed by atoms with Gasteiger partial charge in [-0.2, -0.15) is 0 Å². The molecule has 1 saturated heterocycles. The van der Waals surface area contributed by atoms with Crippen LogP contribution in [-0.4, -0.2) is 60.7 Å². The molecule has 4 rings (SSSR count). The molecule has 9 heteroatoms. The Labute approximate surface area is 209 Å². The number of amides is 2. The molecule has 2 N–H and O–H groups in total. The van der Waals surface area contributed by atoms with Gasteiger partial charge in [0.2, 0.25) is 11.8 Å². The molecule has 1 aromatic carbocycles. The number of nitrogens with zero attached hydrogens (tertiary/aromatic N) is 2. The lowest BCUT2D eigenvalue weighted by Crippen LogP contribution is -2.55. The van der Waals surface area contributed by atoms with Crippen LogP contribution in [0.5, 0.6) is 0 Å². The molecule has 1 saturated carbocycles. The Balaban J connectivity index is 1.42. The van der Waals surface area contributed by atoms with Crippen LogP contribution in [0, 0.1) is 12.3 Å². The summed E-state index contributed by atoms with van der Waals surface area (Å²) in [5.41, 5.74) is 0.850. The van der Waals surface area contributed by atoms with E-state index in [0.29, 0.717) is 6.04 Å². The van der Waals surface area contributed by atoms with Crippen molar-refractivity contribution in [2.75, 3.05) is 13.1 Å². The zero-order chi connectivity index (χ0) is 25.2. The molecule has 2 heterocycles. The molecule has 2 aliphatic heterocycles. The fourth-order valence-corrected chi connectivity index (χ4v) is 7.11. The molecule has 0 radical (unpaired) electrons. The lowest BCUT2D eigenvalue weighted by atomic mass is 9.70. The Hall–Kier alpha value is -2.39. The third-order valence-corrected chi connectivity index (χ3v) is 9.57. The van der Waals surface area contributed by atoms with E-state index < -0.39 is 22.0 Å². The zero-order valence-electron chi connectivity index (χ0n) is 21.0. The van der Waals surface area contributed by atoms with Crippen molar-refractivity contribution >= 4 is 21.8 Å². The number of nitrogens with one attached hydrogen (secondary N) is 2. The topological polar surface area (TPSA) is 98.8 Å². The van der Waals surface area contributed by atoms with E-state index in [-0.39, 0.29) is 28.7 Å². The first-order valence-corrected chi connectivity index (χ1v) is 14.1. The standard InChI is InChI=1S/C26H38N4O4S/c1-19-7-10-21(11-8-19)35(33,34)30-16-13-27-25(32)22(30)17-24(31)28-23-12-9-20(18-26(23,2)3)29-14-5-4-6-15-29/h7-8,10-11,13,16,20,22-23H,4-6,9,12,14-15,17-18H2,1-3H3,(H,27,32)(H,28,31)/t20-,22-,23-/m1/s1. The highest BCUT2D eigenvalue weighted by Gasteiger charge is 2.41. The summed E-state index contributed by atoms with van der Waals surface area (Å²) in [5.74, 6) is -0.814. The predicted molar refractivity (Wildman–Crippen MR) is 135 cm³/mol. The second-order valence-corrected chi connectivity index (χ2v) is 12.7. The Morgan fingerprint density at radius 1 is 1.11 bits per heavy atom. The molecule has 192 valence electrons. The SMILES string of the molecule is Cc1ccc(S(=O)(=O)N2C=CNC(=O)[C@H]2CC(=O)N[C@@H]2CC[C@@H](N3CCCCC3)CC2(C)C)cc1. The summed E-state index contributed by atoms with van der Waals surface area (Å²) in [4.78, 5) is 28.5. The second-order valence-electron chi connectivity index (χ2n) is 10.8. The number of piperidine rings is 1. The number of benzene rings is 1. The summed E-state index contributed by atoms with van der Waals surface area (Å²) in [6.07, 6.45) is 9.15. The highest BCUT2D eigenvalue weighted by atomic mass is 32.2. The predicted octanol–water partition coefficient (Wildman–Crippen LogP) is 2.89. The lowest BCUT2D eigenvalue weighted by molar-refractivity contribution is -0.130. The van der Waals surface area contributed by atoms with Crippen LogP contribution >= 0.6 is 0 Å². The van der Waals surface area contributed by atoms with Crippen molar-refractivity contribution in [1.82, 2.24) is 19.8 Å². The van der Waals surface area contributed by atoms with Gasteiger partial charge in [0.1, 0.15) is 6.04 Å². The minimum Gasteiger partial charge on any atom is -0.353 e. The molecular weight excluding hydrogens is 464 g/mol. The molecule has 3 aliphatic rings. The van der Waals surface area contributed by atoms with Gasteiger partial charge in [0, 0.05) is 24.5 Å². The van der Waals surface area contributed by atoms with Crippen molar-refractivity contribution in [1.29, 1.82) is 0 Å². The van der Waals surface area contributed by atoms with E-state index in [4.69, 9.17) is 0 Å². The highest BCUT2D eigenvalue weighted by Crippen LogP contribution is 2.38. The van der Waals surface area contributed by atoms with Crippen LogP contribution < -0.4 is 10.6 Å². The van der Waals surface area contributed by atoms with Gasteiger partial charge in [0.15, 0.2) is 0 Å². The molecule has 2 fully saturated rings. The minimum atomic E-state index is -3.98. The van der Waals surface area contributed by atoms with Gasteiger partial charge in [0.05, 0.1) is 11.3 Å². The lowest BCUT2D eigenvalue weighted by Gasteiger charge is -2.47. The van der Waals surface area contributed by atoms with E-state index in [1.807, 2.05) is 6.92 Å². The molecule has 3 atom stereocenters.